The summed E-state index contributed by atoms with van der Waals surface area (Å²) in [4.78, 5) is 11.0. The van der Waals surface area contributed by atoms with Crippen molar-refractivity contribution in [2.45, 2.75) is 13.5 Å². The molecule has 3 N–H and O–H groups in total. The number of oxime groups is 1. The monoisotopic (exact) mass is 476 g/mol. The molecule has 0 aliphatic heterocycles. The van der Waals surface area contributed by atoms with E-state index in [2.05, 4.69) is 22.7 Å². The minimum Gasteiger partial charge on any atom is -0.474 e. The van der Waals surface area contributed by atoms with Crippen LogP contribution in [-0.2, 0) is 43.1 Å². The molecule has 0 atom stereocenters. The maximum Gasteiger partial charge on any atom is 0.425 e. The summed E-state index contributed by atoms with van der Waals surface area (Å²) < 4.78 is 57.2. The van der Waals surface area contributed by atoms with Crippen LogP contribution in [0.25, 0.3) is 0 Å². The molecule has 0 radical (unpaired) electrons. The molecular formula is C16H20N4O9S2. The minimum absolute atomic E-state index is 0.298. The molecule has 2 rings (SSSR count). The number of carbonyl (C=O) groups is 1. The summed E-state index contributed by atoms with van der Waals surface area (Å²) in [6, 6.07) is 8.76. The van der Waals surface area contributed by atoms with Gasteiger partial charge in [-0.1, -0.05) is 5.16 Å². The Kier molecular flexibility index (Phi) is 13.1. The van der Waals surface area contributed by atoms with Crippen LogP contribution in [-0.4, -0.2) is 38.4 Å². The Hall–Kier alpha value is -3.27. The van der Waals surface area contributed by atoms with E-state index < -0.39 is 26.6 Å². The Bertz CT molecular complexity index is 1060. The molecule has 0 saturated carbocycles. The molecule has 31 heavy (non-hydrogen) atoms. The number of ether oxygens (including phenoxy) is 1. The van der Waals surface area contributed by atoms with Gasteiger partial charge in [-0.2, -0.15) is 15.4 Å². The summed E-state index contributed by atoms with van der Waals surface area (Å²) in [6.07, 6.45) is 9.15. The van der Waals surface area contributed by atoms with Crippen molar-refractivity contribution in [3.63, 3.8) is 0 Å². The van der Waals surface area contributed by atoms with Crippen molar-refractivity contribution in [2.75, 3.05) is 0 Å². The van der Waals surface area contributed by atoms with E-state index in [1.54, 1.807) is 39.7 Å². The number of primary amides is 1. The molecule has 1 amide bonds. The second-order valence-corrected chi connectivity index (χ2v) is 6.91. The number of amides is 1. The Labute approximate surface area is 180 Å². The molecule has 0 fully saturated rings. The van der Waals surface area contributed by atoms with Crippen molar-refractivity contribution in [3.8, 4) is 0 Å². The van der Waals surface area contributed by atoms with E-state index in [0.717, 1.165) is 0 Å². The molecule has 0 aliphatic carbocycles. The Morgan fingerprint density at radius 3 is 2.16 bits per heavy atom. The average Bonchev–Trinajstić information content (AvgIpc) is 2.69. The smallest absolute Gasteiger partial charge is 0.425 e. The molecular weight excluding hydrogens is 456 g/mol. The Balaban J connectivity index is 0.000000753. The van der Waals surface area contributed by atoms with Gasteiger partial charge in [0, 0.05) is 24.3 Å². The van der Waals surface area contributed by atoms with Crippen LogP contribution < -0.4 is 14.9 Å². The average molecular weight is 476 g/mol. The van der Waals surface area contributed by atoms with Gasteiger partial charge in [-0.15, -0.1) is 12.6 Å². The van der Waals surface area contributed by atoms with E-state index in [1.807, 2.05) is 18.3 Å². The van der Waals surface area contributed by atoms with E-state index in [1.165, 1.54) is 6.21 Å². The van der Waals surface area contributed by atoms with Crippen LogP contribution in [0.15, 0.2) is 54.1 Å². The molecule has 2 heterocycles. The first kappa shape index (κ1) is 27.7. The topological polar surface area (TPSA) is 187 Å². The Morgan fingerprint density at radius 2 is 1.71 bits per heavy atom. The molecule has 0 aromatic carbocycles. The number of aromatic nitrogens is 2. The van der Waals surface area contributed by atoms with Gasteiger partial charge in [-0.25, -0.2) is 15.5 Å². The summed E-state index contributed by atoms with van der Waals surface area (Å²) in [6.45, 7) is 0.614. The molecule has 0 spiro atoms. The van der Waals surface area contributed by atoms with Gasteiger partial charge >= 0.3 is 10.6 Å². The lowest BCUT2D eigenvalue weighted by molar-refractivity contribution is -0.788. The molecule has 170 valence electrons. The van der Waals surface area contributed by atoms with Crippen LogP contribution in [0.5, 0.6) is 0 Å². The van der Waals surface area contributed by atoms with Gasteiger partial charge in [0.15, 0.2) is 18.6 Å². The van der Waals surface area contributed by atoms with Crippen LogP contribution in [0.2, 0.25) is 0 Å². The van der Waals surface area contributed by atoms with Crippen LogP contribution in [0.4, 0.5) is 0 Å². The maximum absolute atomic E-state index is 11.0. The summed E-state index contributed by atoms with van der Waals surface area (Å²) in [5.74, 6) is -0.462. The SMILES string of the molecule is NC(=O)c1cc[n+](COC[n+]2ccccc2/C=N/O)cc1.O=S(=O)=O.[CH2-]OS([CH2-])(=O)=O. The highest BCUT2D eigenvalue weighted by molar-refractivity contribution is 7.87. The molecule has 15 heteroatoms. The first-order valence-electron chi connectivity index (χ1n) is 7.81. The molecule has 2 aromatic rings. The zero-order chi connectivity index (χ0) is 23.9. The van der Waals surface area contributed by atoms with Gasteiger partial charge < -0.3 is 15.1 Å². The van der Waals surface area contributed by atoms with Crippen LogP contribution in [0.1, 0.15) is 16.1 Å². The zero-order valence-electron chi connectivity index (χ0n) is 16.0. The fraction of sp³-hybridized carbons (Fsp3) is 0.125. The van der Waals surface area contributed by atoms with Crippen LogP contribution >= 0.6 is 0 Å². The molecule has 0 unspecified atom stereocenters. The van der Waals surface area contributed by atoms with Crippen LogP contribution in [0, 0.1) is 13.4 Å². The number of hydrogen-bond donors (Lipinski definition) is 2. The van der Waals surface area contributed by atoms with Crippen molar-refractivity contribution in [2.24, 2.45) is 10.9 Å². The summed E-state index contributed by atoms with van der Waals surface area (Å²) in [5.41, 5.74) is 6.34. The molecule has 2 aromatic heterocycles. The number of carbonyl (C=O) groups excluding carboxylic acids is 1. The number of rotatable bonds is 7. The second-order valence-electron chi connectivity index (χ2n) is 5.15. The van der Waals surface area contributed by atoms with Gasteiger partial charge in [0.25, 0.3) is 13.5 Å². The predicted molar refractivity (Wildman–Crippen MR) is 103 cm³/mol. The molecule has 0 bridgehead atoms. The fourth-order valence-corrected chi connectivity index (χ4v) is 1.74. The van der Waals surface area contributed by atoms with Crippen molar-refractivity contribution >= 4 is 32.8 Å². The third-order valence-corrected chi connectivity index (χ3v) is 3.35. The lowest BCUT2D eigenvalue weighted by Crippen LogP contribution is -2.42. The lowest BCUT2D eigenvalue weighted by Gasteiger charge is -2.02. The molecule has 0 saturated heterocycles. The number of nitrogens with zero attached hydrogens (tertiary/aromatic N) is 3. The van der Waals surface area contributed by atoms with Crippen molar-refractivity contribution in [1.82, 2.24) is 0 Å². The van der Waals surface area contributed by atoms with Crippen molar-refractivity contribution in [1.29, 1.82) is 0 Å². The normalized spacial score (nSPS) is 10.4. The highest BCUT2D eigenvalue weighted by atomic mass is 32.2. The summed E-state index contributed by atoms with van der Waals surface area (Å²) in [7, 11) is -4.03. The van der Waals surface area contributed by atoms with Crippen LogP contribution in [0.3, 0.4) is 0 Å². The van der Waals surface area contributed by atoms with Gasteiger partial charge in [-0.05, 0) is 6.07 Å². The number of pyridine rings is 2. The highest BCUT2D eigenvalue weighted by Crippen LogP contribution is 1.93. The largest absolute Gasteiger partial charge is 0.474 e. The molecule has 0 aliphatic rings. The minimum atomic E-state index is -3.52. The fourth-order valence-electron chi connectivity index (χ4n) is 1.74. The molecule has 13 nitrogen and oxygen atoms in total. The third kappa shape index (κ3) is 14.4. The maximum atomic E-state index is 11.0. The Morgan fingerprint density at radius 1 is 1.16 bits per heavy atom. The van der Waals surface area contributed by atoms with E-state index in [-0.39, 0.29) is 0 Å². The third-order valence-electron chi connectivity index (χ3n) is 2.99. The lowest BCUT2D eigenvalue weighted by atomic mass is 10.2. The number of hydrogen-bond acceptors (Lipinski definition) is 10. The zero-order valence-corrected chi connectivity index (χ0v) is 17.6. The van der Waals surface area contributed by atoms with E-state index in [0.29, 0.717) is 24.7 Å². The summed E-state index contributed by atoms with van der Waals surface area (Å²) >= 11 is 0. The first-order chi connectivity index (χ1) is 14.5. The number of nitrogens with two attached hydrogens (primary N) is 1. The summed E-state index contributed by atoms with van der Waals surface area (Å²) in [5, 5.41) is 11.6. The first-order valence-corrected chi connectivity index (χ1v) is 10.4. The van der Waals surface area contributed by atoms with Gasteiger partial charge in [0.05, 0.1) is 5.56 Å². The van der Waals surface area contributed by atoms with Gasteiger partial charge in [-0.3, -0.25) is 9.53 Å². The van der Waals surface area contributed by atoms with Gasteiger partial charge in [0.1, 0.15) is 16.3 Å². The van der Waals surface area contributed by atoms with E-state index >= 15 is 0 Å². The highest BCUT2D eigenvalue weighted by Gasteiger charge is 2.09. The second kappa shape index (κ2) is 14.7. The van der Waals surface area contributed by atoms with Crippen molar-refractivity contribution in [3.05, 3.63) is 73.5 Å². The predicted octanol–water partition coefficient (Wildman–Crippen LogP) is -1.29. The quantitative estimate of drug-likeness (QED) is 0.122. The van der Waals surface area contributed by atoms with E-state index in [9.17, 15) is 13.2 Å². The van der Waals surface area contributed by atoms with Crippen molar-refractivity contribution < 1.29 is 49.1 Å². The van der Waals surface area contributed by atoms with Gasteiger partial charge in [0.2, 0.25) is 11.6 Å². The van der Waals surface area contributed by atoms with E-state index in [4.69, 9.17) is 28.3 Å². The standard InChI is InChI=1S/C14H14N4O3.C2H4O3S.O3S/c15-14(19)12-4-7-17(8-5-12)10-21-11-18-6-2-1-3-13(18)9-16-20;1-5-6(2,3)4;1-4(2)3/h1-9H,10-11H2,(H-,15,19);1-2H2;/q;-2;/p+2.